The van der Waals surface area contributed by atoms with E-state index in [1.54, 1.807) is 24.3 Å². The van der Waals surface area contributed by atoms with Gasteiger partial charge in [-0.1, -0.05) is 84.4 Å². The Bertz CT molecular complexity index is 1770. The molecule has 0 saturated carbocycles. The Morgan fingerprint density at radius 2 is 1.44 bits per heavy atom. The molecule has 2 aliphatic heterocycles. The molecule has 0 bridgehead atoms. The summed E-state index contributed by atoms with van der Waals surface area (Å²) in [6.45, 7) is 1.96. The van der Waals surface area contributed by atoms with Gasteiger partial charge < -0.3 is 4.90 Å². The highest BCUT2D eigenvalue weighted by Crippen LogP contribution is 2.60. The molecular weight excluding hydrogens is 516 g/mol. The maximum atomic E-state index is 14.6. The van der Waals surface area contributed by atoms with E-state index in [1.165, 1.54) is 24.3 Å². The Morgan fingerprint density at radius 3 is 2.07 bits per heavy atom. The van der Waals surface area contributed by atoms with Gasteiger partial charge in [-0.2, -0.15) is 0 Å². The number of hydrogen-bond acceptors (Lipinski definition) is 6. The number of nitro benzene ring substituents is 1. The van der Waals surface area contributed by atoms with Crippen molar-refractivity contribution in [1.82, 2.24) is 0 Å². The number of ketones is 3. The number of benzene rings is 4. The van der Waals surface area contributed by atoms with Crippen LogP contribution in [0.1, 0.15) is 53.7 Å². The molecule has 7 rings (SSSR count). The predicted octanol–water partition coefficient (Wildman–Crippen LogP) is 6.22. The van der Waals surface area contributed by atoms with Crippen molar-refractivity contribution in [1.29, 1.82) is 0 Å². The highest BCUT2D eigenvalue weighted by molar-refractivity contribution is 6.32. The monoisotopic (exact) mass is 540 g/mol. The normalized spacial score (nSPS) is 21.5. The van der Waals surface area contributed by atoms with E-state index in [1.807, 2.05) is 72.5 Å². The first-order chi connectivity index (χ1) is 19.8. The average molecular weight is 541 g/mol. The van der Waals surface area contributed by atoms with E-state index in [4.69, 9.17) is 0 Å². The molecule has 7 heteroatoms. The molecule has 41 heavy (non-hydrogen) atoms. The number of nitro groups is 1. The molecule has 1 fully saturated rings. The lowest BCUT2D eigenvalue weighted by atomic mass is 9.64. The molecule has 4 aromatic rings. The minimum atomic E-state index is -1.58. The van der Waals surface area contributed by atoms with Gasteiger partial charge in [-0.3, -0.25) is 24.5 Å². The quantitative estimate of drug-likeness (QED) is 0.132. The first-order valence-corrected chi connectivity index (χ1v) is 13.4. The second-order valence-corrected chi connectivity index (χ2v) is 10.8. The molecule has 4 aromatic carbocycles. The van der Waals surface area contributed by atoms with Crippen molar-refractivity contribution in [3.05, 3.63) is 147 Å². The predicted molar refractivity (Wildman–Crippen MR) is 154 cm³/mol. The number of Topliss-reactive ketones (excluding diaryl/α,β-unsaturated/α-hetero) is 3. The van der Waals surface area contributed by atoms with Crippen LogP contribution in [0.25, 0.3) is 6.08 Å². The lowest BCUT2D eigenvalue weighted by molar-refractivity contribution is -0.384. The maximum absolute atomic E-state index is 14.6. The van der Waals surface area contributed by atoms with E-state index >= 15 is 0 Å². The topological polar surface area (TPSA) is 97.6 Å². The maximum Gasteiger partial charge on any atom is 0.269 e. The molecule has 200 valence electrons. The van der Waals surface area contributed by atoms with Crippen molar-refractivity contribution in [3.8, 4) is 0 Å². The van der Waals surface area contributed by atoms with Crippen LogP contribution in [0, 0.1) is 22.5 Å². The minimum absolute atomic E-state index is 0.125. The number of fused-ring (bicyclic) bond motifs is 5. The van der Waals surface area contributed by atoms with Gasteiger partial charge in [0.2, 0.25) is 0 Å². The van der Waals surface area contributed by atoms with Gasteiger partial charge in [-0.05, 0) is 36.2 Å². The number of carbonyl (C=O) groups excluding carboxylic acids is 3. The number of nitrogens with zero attached hydrogens (tertiary/aromatic N) is 2. The fraction of sp³-hybridized carbons (Fsp3) is 0.147. The summed E-state index contributed by atoms with van der Waals surface area (Å²) in [5.41, 5.74) is 2.65. The lowest BCUT2D eigenvalue weighted by Gasteiger charge is -2.37. The van der Waals surface area contributed by atoms with Crippen LogP contribution < -0.4 is 4.90 Å². The zero-order chi connectivity index (χ0) is 28.5. The molecule has 1 spiro atoms. The number of rotatable bonds is 4. The minimum Gasteiger partial charge on any atom is -0.352 e. The molecular formula is C34H24N2O5. The van der Waals surface area contributed by atoms with E-state index in [-0.39, 0.29) is 28.6 Å². The SMILES string of the molecule is Cc1ccc([C@@H]2[C@H](C(=O)c3ccc([N+](=O)[O-])cc3)N3c4ccccc4C=C[C@H]3C23C(=O)c2ccccc2C3=O)cc1. The summed E-state index contributed by atoms with van der Waals surface area (Å²) >= 11 is 0. The smallest absolute Gasteiger partial charge is 0.269 e. The number of carbonyl (C=O) groups is 3. The molecule has 0 unspecified atom stereocenters. The molecule has 0 N–H and O–H groups in total. The summed E-state index contributed by atoms with van der Waals surface area (Å²) < 4.78 is 0. The van der Waals surface area contributed by atoms with Crippen LogP contribution in [-0.2, 0) is 0 Å². The third-order valence-corrected chi connectivity index (χ3v) is 8.78. The summed E-state index contributed by atoms with van der Waals surface area (Å²) in [6.07, 6.45) is 3.81. The van der Waals surface area contributed by atoms with Crippen LogP contribution in [0.2, 0.25) is 0 Å². The van der Waals surface area contributed by atoms with Gasteiger partial charge in [-0.15, -0.1) is 0 Å². The number of non-ortho nitro benzene ring substituents is 1. The highest BCUT2D eigenvalue weighted by Gasteiger charge is 2.71. The highest BCUT2D eigenvalue weighted by atomic mass is 16.6. The third kappa shape index (κ3) is 3.35. The molecule has 1 aliphatic carbocycles. The van der Waals surface area contributed by atoms with E-state index in [2.05, 4.69) is 0 Å². The molecule has 3 aliphatic rings. The van der Waals surface area contributed by atoms with Gasteiger partial charge in [0.15, 0.2) is 17.3 Å². The summed E-state index contributed by atoms with van der Waals surface area (Å²) in [5.74, 6) is -1.71. The second kappa shape index (κ2) is 8.93. The van der Waals surface area contributed by atoms with E-state index in [0.717, 1.165) is 16.8 Å². The molecule has 0 radical (unpaired) electrons. The van der Waals surface area contributed by atoms with Crippen molar-refractivity contribution in [2.75, 3.05) is 4.90 Å². The van der Waals surface area contributed by atoms with Crippen molar-refractivity contribution >= 4 is 34.8 Å². The molecule has 2 heterocycles. The first kappa shape index (κ1) is 24.8. The average Bonchev–Trinajstić information content (AvgIpc) is 3.43. The van der Waals surface area contributed by atoms with Crippen LogP contribution in [0.3, 0.4) is 0 Å². The number of aryl methyl sites for hydroxylation is 1. The van der Waals surface area contributed by atoms with Crippen LogP contribution in [0.4, 0.5) is 11.4 Å². The van der Waals surface area contributed by atoms with E-state index in [9.17, 15) is 24.5 Å². The molecule has 7 nitrogen and oxygen atoms in total. The zero-order valence-corrected chi connectivity index (χ0v) is 22.1. The summed E-state index contributed by atoms with van der Waals surface area (Å²) in [6, 6.07) is 26.0. The van der Waals surface area contributed by atoms with Gasteiger partial charge in [0, 0.05) is 40.4 Å². The van der Waals surface area contributed by atoms with Crippen LogP contribution >= 0.6 is 0 Å². The first-order valence-electron chi connectivity index (χ1n) is 13.4. The van der Waals surface area contributed by atoms with Crippen LogP contribution in [0.5, 0.6) is 0 Å². The van der Waals surface area contributed by atoms with Crippen molar-refractivity contribution < 1.29 is 19.3 Å². The van der Waals surface area contributed by atoms with Crippen molar-refractivity contribution in [2.45, 2.75) is 24.9 Å². The fourth-order valence-electron chi connectivity index (χ4n) is 6.98. The zero-order valence-electron chi connectivity index (χ0n) is 22.1. The van der Waals surface area contributed by atoms with E-state index < -0.39 is 28.3 Å². The Kier molecular flexibility index (Phi) is 5.41. The van der Waals surface area contributed by atoms with Crippen LogP contribution in [0.15, 0.2) is 103 Å². The summed E-state index contributed by atoms with van der Waals surface area (Å²) in [5, 5.41) is 11.3. The second-order valence-electron chi connectivity index (χ2n) is 10.8. The van der Waals surface area contributed by atoms with Gasteiger partial charge >= 0.3 is 0 Å². The molecule has 3 atom stereocenters. The fourth-order valence-corrected chi connectivity index (χ4v) is 6.98. The third-order valence-electron chi connectivity index (χ3n) is 8.78. The number of hydrogen-bond donors (Lipinski definition) is 0. The van der Waals surface area contributed by atoms with Gasteiger partial charge in [0.05, 0.1) is 11.0 Å². The Balaban J connectivity index is 1.52. The number of anilines is 1. The van der Waals surface area contributed by atoms with Gasteiger partial charge in [0.1, 0.15) is 11.5 Å². The summed E-state index contributed by atoms with van der Waals surface area (Å²) in [7, 11) is 0. The molecule has 0 aromatic heterocycles. The molecule has 1 saturated heterocycles. The Hall–Kier alpha value is -5.17. The van der Waals surface area contributed by atoms with Crippen LogP contribution in [-0.4, -0.2) is 34.4 Å². The lowest BCUT2D eigenvalue weighted by Crippen LogP contribution is -2.48. The number of para-hydroxylation sites is 1. The summed E-state index contributed by atoms with van der Waals surface area (Å²) in [4.78, 5) is 56.6. The Labute approximate surface area is 235 Å². The standard InChI is InChI=1S/C34H24N2O5/c1-20-10-12-22(13-11-20)29-30(31(37)23-14-17-24(18-15-23)36(40)41)35-27-9-5-2-6-21(27)16-19-28(35)34(29)32(38)25-7-3-4-8-26(25)33(34)39/h2-19,28-30H,1H3/t28-,29+,30+/m0/s1. The molecule has 0 amide bonds. The largest absolute Gasteiger partial charge is 0.352 e. The Morgan fingerprint density at radius 1 is 0.829 bits per heavy atom. The van der Waals surface area contributed by atoms with Gasteiger partial charge in [0.25, 0.3) is 5.69 Å². The van der Waals surface area contributed by atoms with E-state index in [0.29, 0.717) is 16.7 Å². The van der Waals surface area contributed by atoms with Crippen molar-refractivity contribution in [3.63, 3.8) is 0 Å². The van der Waals surface area contributed by atoms with Crippen molar-refractivity contribution in [2.24, 2.45) is 5.41 Å². The van der Waals surface area contributed by atoms with Gasteiger partial charge in [-0.25, -0.2) is 0 Å².